The lowest BCUT2D eigenvalue weighted by atomic mass is 9.59. The van der Waals surface area contributed by atoms with Crippen LogP contribution >= 0.6 is 0 Å². The quantitative estimate of drug-likeness (QED) is 0.803. The number of aromatic nitrogens is 2. The van der Waals surface area contributed by atoms with Gasteiger partial charge in [0.25, 0.3) is 0 Å². The number of Topliss-reactive ketones (excluding diaryl/α,β-unsaturated/α-hetero) is 2. The predicted molar refractivity (Wildman–Crippen MR) is 87.2 cm³/mol. The lowest BCUT2D eigenvalue weighted by molar-refractivity contribution is -0.150. The van der Waals surface area contributed by atoms with Crippen LogP contribution in [0.1, 0.15) is 63.1 Å². The van der Waals surface area contributed by atoms with Crippen molar-refractivity contribution in [1.29, 1.82) is 0 Å². The van der Waals surface area contributed by atoms with Crippen molar-refractivity contribution in [2.45, 2.75) is 60.8 Å². The van der Waals surface area contributed by atoms with Gasteiger partial charge in [-0.3, -0.25) is 14.4 Å². The van der Waals surface area contributed by atoms with Crippen molar-refractivity contribution in [2.75, 3.05) is 0 Å². The van der Waals surface area contributed by atoms with Crippen LogP contribution in [0.15, 0.2) is 6.07 Å². The summed E-state index contributed by atoms with van der Waals surface area (Å²) in [6.45, 7) is 11.0. The van der Waals surface area contributed by atoms with Crippen LogP contribution in [0.2, 0.25) is 0 Å². The number of rotatable bonds is 3. The second kappa shape index (κ2) is 5.69. The highest BCUT2D eigenvalue weighted by Gasteiger charge is 2.51. The van der Waals surface area contributed by atoms with E-state index in [-0.39, 0.29) is 35.2 Å². The predicted octanol–water partition coefficient (Wildman–Crippen LogP) is 3.13. The van der Waals surface area contributed by atoms with Gasteiger partial charge in [-0.25, -0.2) is 4.68 Å². The van der Waals surface area contributed by atoms with Crippen molar-refractivity contribution in [3.63, 3.8) is 0 Å². The molecule has 0 amide bonds. The Kier molecular flexibility index (Phi) is 4.35. The molecule has 0 bridgehead atoms. The van der Waals surface area contributed by atoms with E-state index in [1.807, 2.05) is 40.7 Å². The van der Waals surface area contributed by atoms with Crippen molar-refractivity contribution < 1.29 is 14.4 Å². The number of carbonyl (C=O) groups is 3. The molecule has 23 heavy (non-hydrogen) atoms. The molecule has 0 saturated heterocycles. The normalized spacial score (nSPS) is 21.3. The standard InChI is InChI=1S/C18H26N2O3/c1-11(7-16(23)20-13(3)8-12(2)19-20)18(6)14(21)9-17(4,5)10-15(18)22/h8,11H,7,9-10H2,1-6H3/t11-/m0/s1. The fraction of sp³-hybridized carbons (Fsp3) is 0.667. The summed E-state index contributed by atoms with van der Waals surface area (Å²) in [5, 5.41) is 4.19. The minimum Gasteiger partial charge on any atom is -0.299 e. The van der Waals surface area contributed by atoms with Gasteiger partial charge in [-0.05, 0) is 38.2 Å². The van der Waals surface area contributed by atoms with E-state index in [4.69, 9.17) is 0 Å². The first-order valence-electron chi connectivity index (χ1n) is 8.10. The molecule has 1 aromatic rings. The maximum Gasteiger partial charge on any atom is 0.247 e. The van der Waals surface area contributed by atoms with Gasteiger partial charge >= 0.3 is 0 Å². The highest BCUT2D eigenvalue weighted by atomic mass is 16.2. The van der Waals surface area contributed by atoms with Crippen LogP contribution in [0.5, 0.6) is 0 Å². The van der Waals surface area contributed by atoms with Crippen LogP contribution in [0, 0.1) is 30.6 Å². The Morgan fingerprint density at radius 2 is 1.74 bits per heavy atom. The van der Waals surface area contributed by atoms with Crippen molar-refractivity contribution in [1.82, 2.24) is 9.78 Å². The lowest BCUT2D eigenvalue weighted by Gasteiger charge is -2.41. The van der Waals surface area contributed by atoms with E-state index in [2.05, 4.69) is 5.10 Å². The van der Waals surface area contributed by atoms with Crippen molar-refractivity contribution in [2.24, 2.45) is 16.7 Å². The van der Waals surface area contributed by atoms with Gasteiger partial charge in [-0.2, -0.15) is 5.10 Å². The summed E-state index contributed by atoms with van der Waals surface area (Å²) < 4.78 is 1.37. The number of ketones is 2. The van der Waals surface area contributed by atoms with Crippen LogP contribution in [-0.2, 0) is 9.59 Å². The fourth-order valence-electron chi connectivity index (χ4n) is 3.44. The van der Waals surface area contributed by atoms with Crippen LogP contribution in [0.3, 0.4) is 0 Å². The van der Waals surface area contributed by atoms with Crippen molar-refractivity contribution >= 4 is 17.5 Å². The van der Waals surface area contributed by atoms with E-state index in [0.29, 0.717) is 12.8 Å². The first kappa shape index (κ1) is 17.6. The zero-order chi connectivity index (χ0) is 17.6. The maximum atomic E-state index is 12.6. The molecule has 1 atom stereocenters. The average Bonchev–Trinajstić information content (AvgIpc) is 2.73. The summed E-state index contributed by atoms with van der Waals surface area (Å²) in [5.41, 5.74) is 0.197. The molecule has 126 valence electrons. The van der Waals surface area contributed by atoms with Crippen LogP contribution in [0.25, 0.3) is 0 Å². The molecule has 5 heteroatoms. The fourth-order valence-corrected chi connectivity index (χ4v) is 3.44. The maximum absolute atomic E-state index is 12.6. The molecule has 1 saturated carbocycles. The third kappa shape index (κ3) is 3.14. The molecule has 1 aliphatic rings. The van der Waals surface area contributed by atoms with Gasteiger partial charge in [0.05, 0.1) is 11.1 Å². The first-order chi connectivity index (χ1) is 10.5. The molecule has 1 fully saturated rings. The second-order valence-electron chi connectivity index (χ2n) is 7.90. The van der Waals surface area contributed by atoms with E-state index < -0.39 is 5.41 Å². The Morgan fingerprint density at radius 1 is 1.22 bits per heavy atom. The summed E-state index contributed by atoms with van der Waals surface area (Å²) in [7, 11) is 0. The van der Waals surface area contributed by atoms with Crippen LogP contribution in [-0.4, -0.2) is 27.3 Å². The molecule has 0 unspecified atom stereocenters. The number of nitrogens with zero attached hydrogens (tertiary/aromatic N) is 2. The molecule has 1 heterocycles. The summed E-state index contributed by atoms with van der Waals surface area (Å²) in [5.74, 6) is -0.607. The van der Waals surface area contributed by atoms with E-state index in [1.54, 1.807) is 6.92 Å². The second-order valence-corrected chi connectivity index (χ2v) is 7.90. The number of aryl methyl sites for hydroxylation is 2. The Hall–Kier alpha value is -1.78. The summed E-state index contributed by atoms with van der Waals surface area (Å²) in [6, 6.07) is 1.84. The number of hydrogen-bond acceptors (Lipinski definition) is 4. The molecular formula is C18H26N2O3. The van der Waals surface area contributed by atoms with E-state index in [9.17, 15) is 14.4 Å². The van der Waals surface area contributed by atoms with E-state index >= 15 is 0 Å². The average molecular weight is 318 g/mol. The van der Waals surface area contributed by atoms with E-state index in [0.717, 1.165) is 11.4 Å². The Bertz CT molecular complexity index is 650. The molecule has 0 radical (unpaired) electrons. The number of carbonyl (C=O) groups excluding carboxylic acids is 3. The molecule has 2 rings (SSSR count). The molecule has 1 aliphatic carbocycles. The monoisotopic (exact) mass is 318 g/mol. The molecule has 0 aromatic carbocycles. The largest absolute Gasteiger partial charge is 0.299 e. The molecule has 1 aromatic heterocycles. The van der Waals surface area contributed by atoms with Gasteiger partial charge in [0.15, 0.2) is 0 Å². The lowest BCUT2D eigenvalue weighted by Crippen LogP contribution is -2.50. The Labute approximate surface area is 137 Å². The molecule has 5 nitrogen and oxygen atoms in total. The summed E-state index contributed by atoms with van der Waals surface area (Å²) in [6.07, 6.45) is 0.901. The number of hydrogen-bond donors (Lipinski definition) is 0. The van der Waals surface area contributed by atoms with Gasteiger partial charge in [-0.1, -0.05) is 20.8 Å². The highest BCUT2D eigenvalue weighted by molar-refractivity contribution is 6.09. The van der Waals surface area contributed by atoms with Crippen molar-refractivity contribution in [3.8, 4) is 0 Å². The highest BCUT2D eigenvalue weighted by Crippen LogP contribution is 2.45. The topological polar surface area (TPSA) is 69.0 Å². The third-order valence-electron chi connectivity index (χ3n) is 5.15. The molecule has 0 N–H and O–H groups in total. The Morgan fingerprint density at radius 3 is 2.17 bits per heavy atom. The van der Waals surface area contributed by atoms with Crippen LogP contribution < -0.4 is 0 Å². The smallest absolute Gasteiger partial charge is 0.247 e. The van der Waals surface area contributed by atoms with Crippen LogP contribution in [0.4, 0.5) is 0 Å². The zero-order valence-corrected chi connectivity index (χ0v) is 14.9. The summed E-state index contributed by atoms with van der Waals surface area (Å²) >= 11 is 0. The first-order valence-corrected chi connectivity index (χ1v) is 8.10. The third-order valence-corrected chi connectivity index (χ3v) is 5.15. The van der Waals surface area contributed by atoms with Gasteiger partial charge in [0.1, 0.15) is 11.6 Å². The van der Waals surface area contributed by atoms with Gasteiger partial charge in [0.2, 0.25) is 5.91 Å². The molecule has 0 spiro atoms. The minimum absolute atomic E-state index is 0.0487. The molecular weight excluding hydrogens is 292 g/mol. The molecule has 0 aliphatic heterocycles. The van der Waals surface area contributed by atoms with Crippen molar-refractivity contribution in [3.05, 3.63) is 17.5 Å². The van der Waals surface area contributed by atoms with Gasteiger partial charge in [-0.15, -0.1) is 0 Å². The SMILES string of the molecule is Cc1cc(C)n(C(=O)C[C@H](C)C2(C)C(=O)CC(C)(C)CC2=O)n1. The van der Waals surface area contributed by atoms with Gasteiger partial charge in [0, 0.05) is 25.0 Å². The van der Waals surface area contributed by atoms with Gasteiger partial charge < -0.3 is 0 Å². The minimum atomic E-state index is -1.07. The van der Waals surface area contributed by atoms with E-state index in [1.165, 1.54) is 4.68 Å². The summed E-state index contributed by atoms with van der Waals surface area (Å²) in [4.78, 5) is 37.7. The zero-order valence-electron chi connectivity index (χ0n) is 14.9. The Balaban J connectivity index is 2.21.